The predicted octanol–water partition coefficient (Wildman–Crippen LogP) is 3.49. The second-order valence-corrected chi connectivity index (χ2v) is 3.66. The first-order valence-electron chi connectivity index (χ1n) is 5.03. The minimum absolute atomic E-state index is 0.0199. The quantitative estimate of drug-likeness (QED) is 0.813. The fraction of sp³-hybridized carbons (Fsp3) is 0.455. The fourth-order valence-electron chi connectivity index (χ4n) is 1.51. The molecule has 0 aliphatic carbocycles. The lowest BCUT2D eigenvalue weighted by Crippen LogP contribution is -2.34. The largest absolute Gasteiger partial charge is 0.408 e. The van der Waals surface area contributed by atoms with E-state index in [-0.39, 0.29) is 12.1 Å². The molecular formula is C11H12F5N. The molecule has 1 unspecified atom stereocenters. The van der Waals surface area contributed by atoms with Gasteiger partial charge in [0.2, 0.25) is 0 Å². The summed E-state index contributed by atoms with van der Waals surface area (Å²) < 4.78 is 64.4. The van der Waals surface area contributed by atoms with Crippen molar-refractivity contribution in [2.75, 3.05) is 6.54 Å². The van der Waals surface area contributed by atoms with Gasteiger partial charge in [-0.15, -0.1) is 0 Å². The number of hydrogen-bond donors (Lipinski definition) is 1. The molecule has 0 spiro atoms. The van der Waals surface area contributed by atoms with Gasteiger partial charge >= 0.3 is 6.18 Å². The van der Waals surface area contributed by atoms with Crippen molar-refractivity contribution in [1.29, 1.82) is 0 Å². The summed E-state index contributed by atoms with van der Waals surface area (Å²) in [5.41, 5.74) is -0.605. The molecule has 1 atom stereocenters. The van der Waals surface area contributed by atoms with E-state index in [1.165, 1.54) is 13.8 Å². The molecule has 96 valence electrons. The van der Waals surface area contributed by atoms with Crippen molar-refractivity contribution in [2.45, 2.75) is 26.1 Å². The molecule has 0 radical (unpaired) electrons. The summed E-state index contributed by atoms with van der Waals surface area (Å²) in [6.07, 6.45) is -4.62. The van der Waals surface area contributed by atoms with Gasteiger partial charge in [-0.1, -0.05) is 6.92 Å². The van der Waals surface area contributed by atoms with Gasteiger partial charge in [0, 0.05) is 11.6 Å². The molecule has 1 nitrogen and oxygen atoms in total. The highest BCUT2D eigenvalue weighted by Crippen LogP contribution is 2.34. The van der Waals surface area contributed by atoms with Gasteiger partial charge in [0.25, 0.3) is 0 Å². The molecule has 1 aromatic rings. The number of rotatable bonds is 3. The summed E-state index contributed by atoms with van der Waals surface area (Å²) in [6, 6.07) is -0.765. The third-order valence-corrected chi connectivity index (χ3v) is 2.32. The van der Waals surface area contributed by atoms with E-state index in [0.717, 1.165) is 6.07 Å². The summed E-state index contributed by atoms with van der Waals surface area (Å²) in [5, 5.41) is 2.14. The highest BCUT2D eigenvalue weighted by atomic mass is 19.4. The molecule has 0 saturated heterocycles. The maximum absolute atomic E-state index is 13.4. The zero-order valence-corrected chi connectivity index (χ0v) is 9.33. The van der Waals surface area contributed by atoms with Crippen LogP contribution in [0.15, 0.2) is 12.1 Å². The van der Waals surface area contributed by atoms with Crippen LogP contribution in [-0.2, 0) is 0 Å². The van der Waals surface area contributed by atoms with Crippen molar-refractivity contribution in [1.82, 2.24) is 5.32 Å². The van der Waals surface area contributed by atoms with Crippen molar-refractivity contribution >= 4 is 0 Å². The first-order valence-corrected chi connectivity index (χ1v) is 5.03. The van der Waals surface area contributed by atoms with Gasteiger partial charge in [0.05, 0.1) is 0 Å². The minimum atomic E-state index is -4.62. The van der Waals surface area contributed by atoms with Crippen molar-refractivity contribution < 1.29 is 22.0 Å². The first kappa shape index (κ1) is 13.9. The summed E-state index contributed by atoms with van der Waals surface area (Å²) in [7, 11) is 0. The Kier molecular flexibility index (Phi) is 4.08. The first-order chi connectivity index (χ1) is 7.77. The monoisotopic (exact) mass is 253 g/mol. The molecule has 0 aromatic heterocycles. The van der Waals surface area contributed by atoms with E-state index in [4.69, 9.17) is 0 Å². The van der Waals surface area contributed by atoms with E-state index < -0.39 is 29.4 Å². The molecular weight excluding hydrogens is 241 g/mol. The van der Waals surface area contributed by atoms with E-state index in [1.54, 1.807) is 0 Å². The Morgan fingerprint density at radius 3 is 2.24 bits per heavy atom. The molecule has 0 aliphatic rings. The lowest BCUT2D eigenvalue weighted by Gasteiger charge is -2.22. The van der Waals surface area contributed by atoms with Crippen LogP contribution in [0.2, 0.25) is 0 Å². The Morgan fingerprint density at radius 2 is 1.76 bits per heavy atom. The molecule has 17 heavy (non-hydrogen) atoms. The van der Waals surface area contributed by atoms with Gasteiger partial charge in [0.15, 0.2) is 0 Å². The van der Waals surface area contributed by atoms with Crippen molar-refractivity contribution in [3.63, 3.8) is 0 Å². The molecule has 0 aliphatic heterocycles. The van der Waals surface area contributed by atoms with E-state index >= 15 is 0 Å². The second-order valence-electron chi connectivity index (χ2n) is 3.66. The Morgan fingerprint density at radius 1 is 1.18 bits per heavy atom. The van der Waals surface area contributed by atoms with Gasteiger partial charge in [-0.2, -0.15) is 13.2 Å². The van der Waals surface area contributed by atoms with Crippen LogP contribution < -0.4 is 5.32 Å². The molecule has 1 rings (SSSR count). The lowest BCUT2D eigenvalue weighted by molar-refractivity contribution is -0.158. The molecule has 1 N–H and O–H groups in total. The summed E-state index contributed by atoms with van der Waals surface area (Å²) >= 11 is 0. The summed E-state index contributed by atoms with van der Waals surface area (Å²) in [4.78, 5) is 0. The Labute approximate surface area is 95.6 Å². The minimum Gasteiger partial charge on any atom is -0.303 e. The van der Waals surface area contributed by atoms with Crippen LogP contribution in [0, 0.1) is 18.6 Å². The normalized spacial score (nSPS) is 13.8. The van der Waals surface area contributed by atoms with Crippen LogP contribution in [0.5, 0.6) is 0 Å². The SMILES string of the molecule is CCNC(c1cc(C)c(F)cc1F)C(F)(F)F. The molecule has 0 saturated carbocycles. The topological polar surface area (TPSA) is 12.0 Å². The molecule has 0 bridgehead atoms. The number of hydrogen-bond acceptors (Lipinski definition) is 1. The van der Waals surface area contributed by atoms with Crippen molar-refractivity contribution in [2.24, 2.45) is 0 Å². The molecule has 0 amide bonds. The number of benzene rings is 1. The van der Waals surface area contributed by atoms with Crippen LogP contribution in [0.3, 0.4) is 0 Å². The number of alkyl halides is 3. The maximum Gasteiger partial charge on any atom is 0.408 e. The van der Waals surface area contributed by atoms with Crippen LogP contribution in [0.25, 0.3) is 0 Å². The Balaban J connectivity index is 3.23. The van der Waals surface area contributed by atoms with Crippen LogP contribution in [0.4, 0.5) is 22.0 Å². The van der Waals surface area contributed by atoms with E-state index in [2.05, 4.69) is 5.32 Å². The van der Waals surface area contributed by atoms with E-state index in [9.17, 15) is 22.0 Å². The van der Waals surface area contributed by atoms with Crippen molar-refractivity contribution in [3.05, 3.63) is 34.9 Å². The van der Waals surface area contributed by atoms with Gasteiger partial charge in [0.1, 0.15) is 17.7 Å². The fourth-order valence-corrected chi connectivity index (χ4v) is 1.51. The van der Waals surface area contributed by atoms with Crippen LogP contribution in [0.1, 0.15) is 24.1 Å². The van der Waals surface area contributed by atoms with Gasteiger partial charge in [-0.05, 0) is 25.1 Å². The van der Waals surface area contributed by atoms with Gasteiger partial charge in [-0.3, -0.25) is 0 Å². The third kappa shape index (κ3) is 3.15. The highest BCUT2D eigenvalue weighted by molar-refractivity contribution is 5.29. The molecule has 0 fully saturated rings. The maximum atomic E-state index is 13.4. The van der Waals surface area contributed by atoms with E-state index in [1.807, 2.05) is 0 Å². The van der Waals surface area contributed by atoms with Gasteiger partial charge in [-0.25, -0.2) is 8.78 Å². The third-order valence-electron chi connectivity index (χ3n) is 2.32. The average molecular weight is 253 g/mol. The zero-order valence-electron chi connectivity index (χ0n) is 9.33. The van der Waals surface area contributed by atoms with Gasteiger partial charge < -0.3 is 5.32 Å². The van der Waals surface area contributed by atoms with E-state index in [0.29, 0.717) is 6.07 Å². The van der Waals surface area contributed by atoms with Crippen LogP contribution in [-0.4, -0.2) is 12.7 Å². The molecule has 1 aromatic carbocycles. The Bertz CT molecular complexity index is 400. The standard InChI is InChI=1S/C11H12F5N/c1-3-17-10(11(14,15)16)7-4-6(2)8(12)5-9(7)13/h4-5,10,17H,3H2,1-2H3. The smallest absolute Gasteiger partial charge is 0.303 e. The van der Waals surface area contributed by atoms with Crippen molar-refractivity contribution in [3.8, 4) is 0 Å². The summed E-state index contributed by atoms with van der Waals surface area (Å²) in [5.74, 6) is -2.06. The predicted molar refractivity (Wildman–Crippen MR) is 53.6 cm³/mol. The molecule has 6 heteroatoms. The number of nitrogens with one attached hydrogen (secondary N) is 1. The number of halogens is 5. The highest BCUT2D eigenvalue weighted by Gasteiger charge is 2.41. The lowest BCUT2D eigenvalue weighted by atomic mass is 10.0. The second kappa shape index (κ2) is 5.00. The zero-order chi connectivity index (χ0) is 13.2. The average Bonchev–Trinajstić information content (AvgIpc) is 2.19. The molecule has 0 heterocycles. The Hall–Kier alpha value is -1.17. The van der Waals surface area contributed by atoms with Crippen LogP contribution >= 0.6 is 0 Å². The number of aryl methyl sites for hydroxylation is 1. The summed E-state index contributed by atoms with van der Waals surface area (Å²) in [6.45, 7) is 2.80.